The van der Waals surface area contributed by atoms with Crippen LogP contribution in [0.15, 0.2) is 41.1 Å². The van der Waals surface area contributed by atoms with Crippen LogP contribution < -0.4 is 5.32 Å². The first kappa shape index (κ1) is 10.0. The molecule has 5 heteroatoms. The fourth-order valence-corrected chi connectivity index (χ4v) is 1.49. The summed E-state index contributed by atoms with van der Waals surface area (Å²) < 4.78 is 13.7. The van der Waals surface area contributed by atoms with Gasteiger partial charge in [-0.1, -0.05) is 12.1 Å². The van der Waals surface area contributed by atoms with Crippen molar-refractivity contribution in [2.24, 2.45) is 0 Å². The van der Waals surface area contributed by atoms with Gasteiger partial charge in [0.2, 0.25) is 5.95 Å². The fraction of sp³-hybridized carbons (Fsp3) is 0. The molecule has 0 amide bonds. The summed E-state index contributed by atoms with van der Waals surface area (Å²) >= 11 is 3.37. The van der Waals surface area contributed by atoms with E-state index in [1.165, 1.54) is 12.4 Å². The Hall–Kier alpha value is -1.49. The number of hydrogen-bond donors (Lipinski definition) is 1. The number of halogens is 2. The summed E-state index contributed by atoms with van der Waals surface area (Å²) in [6.45, 7) is 0. The van der Waals surface area contributed by atoms with Crippen molar-refractivity contribution in [2.75, 3.05) is 5.32 Å². The monoisotopic (exact) mass is 267 g/mol. The molecule has 0 radical (unpaired) electrons. The van der Waals surface area contributed by atoms with Gasteiger partial charge in [0.15, 0.2) is 0 Å². The number of nitrogens with zero attached hydrogens (tertiary/aromatic N) is 2. The van der Waals surface area contributed by atoms with Crippen molar-refractivity contribution in [2.45, 2.75) is 0 Å². The van der Waals surface area contributed by atoms with Crippen LogP contribution in [0.2, 0.25) is 0 Å². The first-order chi connectivity index (χ1) is 7.25. The van der Waals surface area contributed by atoms with Crippen LogP contribution in [0.1, 0.15) is 0 Å². The Labute approximate surface area is 94.5 Å². The highest BCUT2D eigenvalue weighted by atomic mass is 79.9. The molecule has 0 aliphatic rings. The molecule has 0 unspecified atom stereocenters. The second-order valence-corrected chi connectivity index (χ2v) is 3.69. The van der Waals surface area contributed by atoms with Crippen LogP contribution in [0.25, 0.3) is 0 Å². The lowest BCUT2D eigenvalue weighted by Gasteiger charge is -2.06. The van der Waals surface area contributed by atoms with E-state index in [4.69, 9.17) is 0 Å². The van der Waals surface area contributed by atoms with Crippen LogP contribution in [0.5, 0.6) is 0 Å². The van der Waals surface area contributed by atoms with Gasteiger partial charge >= 0.3 is 0 Å². The molecule has 1 heterocycles. The topological polar surface area (TPSA) is 37.8 Å². The van der Waals surface area contributed by atoms with Gasteiger partial charge in [-0.3, -0.25) is 0 Å². The van der Waals surface area contributed by atoms with Gasteiger partial charge in [0.25, 0.3) is 0 Å². The van der Waals surface area contributed by atoms with Crippen molar-refractivity contribution in [3.63, 3.8) is 0 Å². The van der Waals surface area contributed by atoms with Gasteiger partial charge in [-0.25, -0.2) is 9.97 Å². The first-order valence-corrected chi connectivity index (χ1v) is 5.04. The molecule has 2 aromatic rings. The minimum absolute atomic E-state index is 0.425. The van der Waals surface area contributed by atoms with Crippen LogP contribution in [-0.2, 0) is 0 Å². The highest BCUT2D eigenvalue weighted by Gasteiger charge is 2.01. The molecule has 0 aliphatic carbocycles. The number of para-hydroxylation sites is 1. The van der Waals surface area contributed by atoms with E-state index in [1.54, 1.807) is 0 Å². The van der Waals surface area contributed by atoms with E-state index in [2.05, 4.69) is 31.2 Å². The van der Waals surface area contributed by atoms with Gasteiger partial charge < -0.3 is 5.32 Å². The van der Waals surface area contributed by atoms with Crippen molar-refractivity contribution in [3.8, 4) is 0 Å². The number of aromatic nitrogens is 2. The Bertz CT molecular complexity index is 476. The highest BCUT2D eigenvalue weighted by Crippen LogP contribution is 2.24. The average molecular weight is 268 g/mol. The van der Waals surface area contributed by atoms with Crippen LogP contribution in [0, 0.1) is 5.95 Å². The number of hydrogen-bond acceptors (Lipinski definition) is 3. The second-order valence-electron chi connectivity index (χ2n) is 2.83. The molecule has 0 saturated heterocycles. The number of anilines is 2. The molecular weight excluding hydrogens is 261 g/mol. The summed E-state index contributed by atoms with van der Waals surface area (Å²) in [6.07, 6.45) is 1.18. The Balaban J connectivity index is 2.26. The zero-order valence-electron chi connectivity index (χ0n) is 7.61. The summed E-state index contributed by atoms with van der Waals surface area (Å²) in [4.78, 5) is 7.27. The van der Waals surface area contributed by atoms with Gasteiger partial charge in [-0.2, -0.15) is 4.39 Å². The van der Waals surface area contributed by atoms with Gasteiger partial charge in [0, 0.05) is 10.5 Å². The average Bonchev–Trinajstić information content (AvgIpc) is 2.22. The molecular formula is C10H7BrFN3. The number of rotatable bonds is 2. The SMILES string of the molecule is Fc1cc(Nc2ccccc2Br)ncn1. The van der Waals surface area contributed by atoms with Gasteiger partial charge in [-0.05, 0) is 28.1 Å². The first-order valence-electron chi connectivity index (χ1n) is 4.25. The molecule has 2 rings (SSSR count). The zero-order valence-corrected chi connectivity index (χ0v) is 9.20. The van der Waals surface area contributed by atoms with E-state index in [-0.39, 0.29) is 0 Å². The molecule has 76 valence electrons. The van der Waals surface area contributed by atoms with Crippen LogP contribution >= 0.6 is 15.9 Å². The summed E-state index contributed by atoms with van der Waals surface area (Å²) in [5.41, 5.74) is 0.829. The molecule has 3 nitrogen and oxygen atoms in total. The summed E-state index contributed by atoms with van der Waals surface area (Å²) in [5, 5.41) is 2.98. The smallest absolute Gasteiger partial charge is 0.218 e. The minimum Gasteiger partial charge on any atom is -0.339 e. The number of benzene rings is 1. The lowest BCUT2D eigenvalue weighted by Crippen LogP contribution is -1.96. The molecule has 0 spiro atoms. The third-order valence-electron chi connectivity index (χ3n) is 1.77. The molecule has 1 N–H and O–H groups in total. The minimum atomic E-state index is -0.556. The summed E-state index contributed by atoms with van der Waals surface area (Å²) in [7, 11) is 0. The van der Waals surface area contributed by atoms with E-state index in [1.807, 2.05) is 24.3 Å². The maximum absolute atomic E-state index is 12.8. The Morgan fingerprint density at radius 3 is 2.73 bits per heavy atom. The molecule has 1 aromatic carbocycles. The van der Waals surface area contributed by atoms with Crippen LogP contribution in [-0.4, -0.2) is 9.97 Å². The van der Waals surface area contributed by atoms with Crippen molar-refractivity contribution in [3.05, 3.63) is 47.1 Å². The van der Waals surface area contributed by atoms with E-state index >= 15 is 0 Å². The maximum Gasteiger partial charge on any atom is 0.218 e. The largest absolute Gasteiger partial charge is 0.339 e. The van der Waals surface area contributed by atoms with Gasteiger partial charge in [0.05, 0.1) is 5.69 Å². The molecule has 0 bridgehead atoms. The van der Waals surface area contributed by atoms with Crippen molar-refractivity contribution in [1.29, 1.82) is 0 Å². The third kappa shape index (κ3) is 2.50. The standard InChI is InChI=1S/C10H7BrFN3/c11-7-3-1-2-4-8(7)15-10-5-9(12)13-6-14-10/h1-6H,(H,13,14,15). The van der Waals surface area contributed by atoms with E-state index < -0.39 is 5.95 Å². The molecule has 0 atom stereocenters. The highest BCUT2D eigenvalue weighted by molar-refractivity contribution is 9.10. The second kappa shape index (κ2) is 4.35. The van der Waals surface area contributed by atoms with Gasteiger partial charge in [0.1, 0.15) is 12.1 Å². The molecule has 15 heavy (non-hydrogen) atoms. The lowest BCUT2D eigenvalue weighted by atomic mass is 10.3. The third-order valence-corrected chi connectivity index (χ3v) is 2.46. The van der Waals surface area contributed by atoms with Crippen molar-refractivity contribution in [1.82, 2.24) is 9.97 Å². The predicted octanol–water partition coefficient (Wildman–Crippen LogP) is 3.12. The molecule has 1 aromatic heterocycles. The zero-order chi connectivity index (χ0) is 10.7. The van der Waals surface area contributed by atoms with Crippen molar-refractivity contribution >= 4 is 27.4 Å². The lowest BCUT2D eigenvalue weighted by molar-refractivity contribution is 0.580. The molecule has 0 saturated carbocycles. The Kier molecular flexibility index (Phi) is 2.91. The predicted molar refractivity (Wildman–Crippen MR) is 59.4 cm³/mol. The van der Waals surface area contributed by atoms with E-state index in [0.717, 1.165) is 10.2 Å². The summed E-state index contributed by atoms with van der Waals surface area (Å²) in [5.74, 6) is -0.131. The Morgan fingerprint density at radius 1 is 1.20 bits per heavy atom. The van der Waals surface area contributed by atoms with E-state index in [9.17, 15) is 4.39 Å². The normalized spacial score (nSPS) is 10.0. The molecule has 0 fully saturated rings. The Morgan fingerprint density at radius 2 is 2.00 bits per heavy atom. The van der Waals surface area contributed by atoms with Crippen LogP contribution in [0.4, 0.5) is 15.9 Å². The van der Waals surface area contributed by atoms with Gasteiger partial charge in [-0.15, -0.1) is 0 Å². The summed E-state index contributed by atoms with van der Waals surface area (Å²) in [6, 6.07) is 8.77. The quantitative estimate of drug-likeness (QED) is 0.850. The van der Waals surface area contributed by atoms with Crippen molar-refractivity contribution < 1.29 is 4.39 Å². The maximum atomic E-state index is 12.8. The van der Waals surface area contributed by atoms with Crippen LogP contribution in [0.3, 0.4) is 0 Å². The van der Waals surface area contributed by atoms with E-state index in [0.29, 0.717) is 5.82 Å². The number of nitrogens with one attached hydrogen (secondary N) is 1. The fourth-order valence-electron chi connectivity index (χ4n) is 1.10. The molecule has 0 aliphatic heterocycles.